The molecule has 0 saturated heterocycles. The van der Waals surface area contributed by atoms with Crippen molar-refractivity contribution in [2.45, 2.75) is 25.3 Å². The van der Waals surface area contributed by atoms with Crippen molar-refractivity contribution < 1.29 is 22.7 Å². The van der Waals surface area contributed by atoms with Gasteiger partial charge in [0, 0.05) is 10.0 Å². The number of benzene rings is 4. The minimum absolute atomic E-state index is 0.0455. The van der Waals surface area contributed by atoms with E-state index in [1.54, 1.807) is 55.5 Å². The maximum Gasteiger partial charge on any atom is 0.264 e. The minimum atomic E-state index is -4.11. The molecule has 0 saturated carbocycles. The lowest BCUT2D eigenvalue weighted by Gasteiger charge is -2.25. The van der Waals surface area contributed by atoms with Crippen LogP contribution in [0.2, 0.25) is 10.0 Å². The summed E-state index contributed by atoms with van der Waals surface area (Å²) in [6, 6.07) is 22.0. The van der Waals surface area contributed by atoms with E-state index in [0.717, 1.165) is 15.4 Å². The van der Waals surface area contributed by atoms with Crippen LogP contribution in [0, 0.1) is 13.8 Å². The molecule has 0 radical (unpaired) electrons. The lowest BCUT2D eigenvalue weighted by molar-refractivity contribution is -0.119. The summed E-state index contributed by atoms with van der Waals surface area (Å²) >= 11 is 15.7. The van der Waals surface area contributed by atoms with E-state index in [1.165, 1.54) is 31.5 Å². The maximum absolute atomic E-state index is 13.7. The number of methoxy groups -OCH3 is 1. The number of carbonyl (C=O) groups excluding carboxylic acids is 1. The van der Waals surface area contributed by atoms with Gasteiger partial charge in [-0.05, 0) is 95.0 Å². The number of hydrogen-bond acceptors (Lipinski definition) is 6. The zero-order valence-corrected chi connectivity index (χ0v) is 27.4. The Labute approximate surface area is 269 Å². The summed E-state index contributed by atoms with van der Waals surface area (Å²) in [5.41, 5.74) is 5.76. The smallest absolute Gasteiger partial charge is 0.264 e. The second-order valence-corrected chi connectivity index (χ2v) is 13.1. The fourth-order valence-electron chi connectivity index (χ4n) is 4.02. The molecule has 8 nitrogen and oxygen atoms in total. The van der Waals surface area contributed by atoms with Crippen molar-refractivity contribution >= 4 is 67.0 Å². The summed E-state index contributed by atoms with van der Waals surface area (Å²) in [5.74, 6) is 0.288. The summed E-state index contributed by atoms with van der Waals surface area (Å²) < 4.78 is 40.4. The Balaban J connectivity index is 1.51. The summed E-state index contributed by atoms with van der Waals surface area (Å²) in [6.07, 6.45) is 1.41. The van der Waals surface area contributed by atoms with Crippen molar-refractivity contribution in [2.75, 3.05) is 18.0 Å². The molecule has 43 heavy (non-hydrogen) atoms. The van der Waals surface area contributed by atoms with Crippen LogP contribution in [0.5, 0.6) is 11.5 Å². The van der Waals surface area contributed by atoms with Crippen LogP contribution in [-0.4, -0.2) is 34.2 Å². The molecule has 0 heterocycles. The summed E-state index contributed by atoms with van der Waals surface area (Å²) in [7, 11) is -2.60. The average molecular weight is 705 g/mol. The maximum atomic E-state index is 13.7. The van der Waals surface area contributed by atoms with Gasteiger partial charge in [-0.25, -0.2) is 13.8 Å². The topological polar surface area (TPSA) is 97.3 Å². The monoisotopic (exact) mass is 703 g/mol. The van der Waals surface area contributed by atoms with E-state index in [2.05, 4.69) is 26.5 Å². The van der Waals surface area contributed by atoms with Crippen LogP contribution in [0.1, 0.15) is 22.3 Å². The predicted molar refractivity (Wildman–Crippen MR) is 174 cm³/mol. The highest BCUT2D eigenvalue weighted by molar-refractivity contribution is 9.10. The predicted octanol–water partition coefficient (Wildman–Crippen LogP) is 7.31. The Morgan fingerprint density at radius 2 is 1.65 bits per heavy atom. The van der Waals surface area contributed by atoms with Crippen molar-refractivity contribution in [1.82, 2.24) is 5.43 Å². The van der Waals surface area contributed by atoms with E-state index in [4.69, 9.17) is 32.7 Å². The normalized spacial score (nSPS) is 11.4. The highest BCUT2D eigenvalue weighted by Gasteiger charge is 2.28. The molecule has 0 aliphatic heterocycles. The second kappa shape index (κ2) is 14.3. The van der Waals surface area contributed by atoms with Gasteiger partial charge in [-0.2, -0.15) is 5.10 Å². The summed E-state index contributed by atoms with van der Waals surface area (Å²) in [4.78, 5) is 13.0. The second-order valence-electron chi connectivity index (χ2n) is 9.50. The molecule has 1 amide bonds. The molecule has 0 fully saturated rings. The van der Waals surface area contributed by atoms with E-state index < -0.39 is 22.5 Å². The first-order valence-electron chi connectivity index (χ1n) is 12.9. The number of nitrogens with one attached hydrogen (secondary N) is 1. The molecule has 4 aromatic carbocycles. The van der Waals surface area contributed by atoms with Crippen molar-refractivity contribution in [3.63, 3.8) is 0 Å². The van der Waals surface area contributed by atoms with Crippen LogP contribution in [-0.2, 0) is 21.4 Å². The average Bonchev–Trinajstić information content (AvgIpc) is 2.97. The number of sulfonamides is 1. The number of hydrogen-bond donors (Lipinski definition) is 1. The molecule has 4 rings (SSSR count). The van der Waals surface area contributed by atoms with E-state index >= 15 is 0 Å². The molecule has 224 valence electrons. The number of aryl methyl sites for hydroxylation is 2. The molecule has 0 spiro atoms. The molecular weight excluding hydrogens is 677 g/mol. The number of carbonyl (C=O) groups is 1. The van der Waals surface area contributed by atoms with Crippen LogP contribution in [0.3, 0.4) is 0 Å². The Bertz CT molecular complexity index is 1750. The lowest BCUT2D eigenvalue weighted by atomic mass is 10.2. The summed E-state index contributed by atoms with van der Waals surface area (Å²) in [5, 5.41) is 5.01. The van der Waals surface area contributed by atoms with Gasteiger partial charge in [0.1, 0.15) is 13.2 Å². The number of nitrogens with zero attached hydrogens (tertiary/aromatic N) is 2. The van der Waals surface area contributed by atoms with Crippen molar-refractivity contribution in [3.05, 3.63) is 116 Å². The number of halogens is 3. The van der Waals surface area contributed by atoms with Gasteiger partial charge in [-0.3, -0.25) is 9.10 Å². The first-order valence-corrected chi connectivity index (χ1v) is 15.9. The molecule has 0 aliphatic rings. The van der Waals surface area contributed by atoms with E-state index in [0.29, 0.717) is 43.8 Å². The molecule has 0 aromatic heterocycles. The summed E-state index contributed by atoms with van der Waals surface area (Å²) in [6.45, 7) is 3.37. The molecule has 12 heteroatoms. The quantitative estimate of drug-likeness (QED) is 0.131. The third-order valence-corrected chi connectivity index (χ3v) is 9.14. The highest BCUT2D eigenvalue weighted by Crippen LogP contribution is 2.37. The Hall–Kier alpha value is -3.57. The SMILES string of the molecule is COc1cc(/C=N\NC(=O)CN(c2cc(Cl)ccc2C)S(=O)(=O)c2ccc(C)cc2)cc(Br)c1OCc1ccc(Cl)cc1. The molecule has 0 bridgehead atoms. The van der Waals surface area contributed by atoms with Gasteiger partial charge in [0.2, 0.25) is 0 Å². The van der Waals surface area contributed by atoms with Gasteiger partial charge >= 0.3 is 0 Å². The highest BCUT2D eigenvalue weighted by atomic mass is 79.9. The van der Waals surface area contributed by atoms with Gasteiger partial charge in [0.05, 0.1) is 28.4 Å². The van der Waals surface area contributed by atoms with Crippen molar-refractivity contribution in [1.29, 1.82) is 0 Å². The molecule has 0 atom stereocenters. The Morgan fingerprint density at radius 1 is 0.977 bits per heavy atom. The van der Waals surface area contributed by atoms with Crippen LogP contribution >= 0.6 is 39.1 Å². The van der Waals surface area contributed by atoms with Crippen LogP contribution in [0.4, 0.5) is 5.69 Å². The van der Waals surface area contributed by atoms with E-state index in [-0.39, 0.29) is 10.6 Å². The largest absolute Gasteiger partial charge is 0.493 e. The van der Waals surface area contributed by atoms with Crippen LogP contribution in [0.15, 0.2) is 93.3 Å². The van der Waals surface area contributed by atoms with Crippen molar-refractivity contribution in [3.8, 4) is 11.5 Å². The zero-order chi connectivity index (χ0) is 31.1. The van der Waals surface area contributed by atoms with Gasteiger partial charge in [-0.1, -0.05) is 59.1 Å². The first kappa shape index (κ1) is 32.3. The number of amides is 1. The van der Waals surface area contributed by atoms with Gasteiger partial charge in [0.25, 0.3) is 15.9 Å². The molecule has 4 aromatic rings. The standard InChI is InChI=1S/C31H28BrCl2N3O5S/c1-20-4-12-26(13-5-20)43(39,40)37(28-16-25(34)9-6-21(28)2)18-30(38)36-35-17-23-14-27(32)31(29(15-23)41-3)42-19-22-7-10-24(33)11-8-22/h4-17H,18-19H2,1-3H3,(H,36,38)/b35-17-. The van der Waals surface area contributed by atoms with Crippen LogP contribution in [0.25, 0.3) is 0 Å². The van der Waals surface area contributed by atoms with Gasteiger partial charge in [0.15, 0.2) is 11.5 Å². The number of anilines is 1. The Morgan fingerprint density at radius 3 is 2.33 bits per heavy atom. The third-order valence-electron chi connectivity index (χ3n) is 6.29. The van der Waals surface area contributed by atoms with E-state index in [9.17, 15) is 13.2 Å². The first-order chi connectivity index (χ1) is 20.5. The van der Waals surface area contributed by atoms with Crippen molar-refractivity contribution in [2.24, 2.45) is 5.10 Å². The minimum Gasteiger partial charge on any atom is -0.493 e. The Kier molecular flexibility index (Phi) is 10.7. The zero-order valence-electron chi connectivity index (χ0n) is 23.5. The number of ether oxygens (including phenoxy) is 2. The number of rotatable bonds is 11. The lowest BCUT2D eigenvalue weighted by Crippen LogP contribution is -2.40. The number of hydrazone groups is 1. The van der Waals surface area contributed by atoms with Gasteiger partial charge < -0.3 is 9.47 Å². The third kappa shape index (κ3) is 8.29. The molecular formula is C31H28BrCl2N3O5S. The molecule has 0 unspecified atom stereocenters. The molecule has 0 aliphatic carbocycles. The fourth-order valence-corrected chi connectivity index (χ4v) is 6.37. The molecule has 1 N–H and O–H groups in total. The van der Waals surface area contributed by atoms with E-state index in [1.807, 2.05) is 19.1 Å². The van der Waals surface area contributed by atoms with Crippen LogP contribution < -0.4 is 19.2 Å². The van der Waals surface area contributed by atoms with Gasteiger partial charge in [-0.15, -0.1) is 0 Å². The fraction of sp³-hybridized carbons (Fsp3) is 0.161.